The maximum atomic E-state index is 6.08. The van der Waals surface area contributed by atoms with Gasteiger partial charge in [0.15, 0.2) is 5.82 Å². The molecule has 0 bridgehead atoms. The lowest BCUT2D eigenvalue weighted by Gasteiger charge is -2.10. The summed E-state index contributed by atoms with van der Waals surface area (Å²) >= 11 is 11.8. The lowest BCUT2D eigenvalue weighted by molar-refractivity contribution is 1.19. The third-order valence-corrected chi connectivity index (χ3v) is 2.58. The summed E-state index contributed by atoms with van der Waals surface area (Å²) in [5.41, 5.74) is 1.86. The van der Waals surface area contributed by atoms with Crippen LogP contribution in [-0.2, 0) is 0 Å². The van der Waals surface area contributed by atoms with Gasteiger partial charge in [0, 0.05) is 0 Å². The molecular weight excluding hydrogens is 245 g/mol. The second-order valence-electron chi connectivity index (χ2n) is 3.28. The first-order valence-electron chi connectivity index (χ1n) is 4.66. The van der Waals surface area contributed by atoms with Crippen molar-refractivity contribution in [2.24, 2.45) is 0 Å². The van der Waals surface area contributed by atoms with Gasteiger partial charge in [-0.05, 0) is 18.6 Å². The number of hydrogen-bond donors (Lipinski definition) is 1. The van der Waals surface area contributed by atoms with Crippen LogP contribution < -0.4 is 5.32 Å². The van der Waals surface area contributed by atoms with E-state index in [1.165, 1.54) is 6.20 Å². The highest BCUT2D eigenvalue weighted by atomic mass is 35.5. The van der Waals surface area contributed by atoms with E-state index in [1.807, 2.05) is 25.1 Å². The SMILES string of the molecule is Cc1cccc(Cl)c1Nc1cncc(Cl)n1. The van der Waals surface area contributed by atoms with Crippen LogP contribution in [0.5, 0.6) is 0 Å². The lowest BCUT2D eigenvalue weighted by Crippen LogP contribution is -1.97. The Morgan fingerprint density at radius 2 is 2.00 bits per heavy atom. The molecule has 2 rings (SSSR count). The summed E-state index contributed by atoms with van der Waals surface area (Å²) < 4.78 is 0. The first kappa shape index (κ1) is 11.2. The molecule has 0 aliphatic heterocycles. The van der Waals surface area contributed by atoms with Gasteiger partial charge in [-0.25, -0.2) is 4.98 Å². The van der Waals surface area contributed by atoms with Crippen molar-refractivity contribution in [3.05, 3.63) is 46.3 Å². The average Bonchev–Trinajstić information content (AvgIpc) is 2.24. The molecule has 0 aliphatic rings. The maximum Gasteiger partial charge on any atom is 0.150 e. The molecule has 0 saturated carbocycles. The Balaban J connectivity index is 2.34. The minimum absolute atomic E-state index is 0.342. The summed E-state index contributed by atoms with van der Waals surface area (Å²) in [5.74, 6) is 0.573. The molecule has 0 saturated heterocycles. The quantitative estimate of drug-likeness (QED) is 0.884. The van der Waals surface area contributed by atoms with Crippen molar-refractivity contribution >= 4 is 34.7 Å². The predicted molar refractivity (Wildman–Crippen MR) is 66.5 cm³/mol. The van der Waals surface area contributed by atoms with Gasteiger partial charge in [0.1, 0.15) is 5.15 Å². The Labute approximate surface area is 103 Å². The number of nitrogens with one attached hydrogen (secondary N) is 1. The van der Waals surface area contributed by atoms with Crippen molar-refractivity contribution in [3.8, 4) is 0 Å². The van der Waals surface area contributed by atoms with Crippen molar-refractivity contribution in [2.75, 3.05) is 5.32 Å². The Morgan fingerprint density at radius 3 is 2.69 bits per heavy atom. The Morgan fingerprint density at radius 1 is 1.19 bits per heavy atom. The van der Waals surface area contributed by atoms with Crippen molar-refractivity contribution in [2.45, 2.75) is 6.92 Å². The highest BCUT2D eigenvalue weighted by molar-refractivity contribution is 6.33. The molecule has 1 aromatic carbocycles. The van der Waals surface area contributed by atoms with Crippen LogP contribution in [0.15, 0.2) is 30.6 Å². The molecule has 16 heavy (non-hydrogen) atoms. The summed E-state index contributed by atoms with van der Waals surface area (Å²) in [6.07, 6.45) is 3.07. The van der Waals surface area contributed by atoms with Crippen molar-refractivity contribution < 1.29 is 0 Å². The minimum atomic E-state index is 0.342. The van der Waals surface area contributed by atoms with Gasteiger partial charge in [0.05, 0.1) is 23.1 Å². The lowest BCUT2D eigenvalue weighted by atomic mass is 10.2. The van der Waals surface area contributed by atoms with Crippen LogP contribution in [0.2, 0.25) is 10.2 Å². The van der Waals surface area contributed by atoms with Gasteiger partial charge in [0.25, 0.3) is 0 Å². The fourth-order valence-electron chi connectivity index (χ4n) is 1.32. The highest BCUT2D eigenvalue weighted by Crippen LogP contribution is 2.27. The molecule has 0 spiro atoms. The zero-order valence-corrected chi connectivity index (χ0v) is 10.0. The number of benzene rings is 1. The zero-order valence-electron chi connectivity index (χ0n) is 8.54. The number of aromatic nitrogens is 2. The first-order chi connectivity index (χ1) is 7.66. The normalized spacial score (nSPS) is 10.2. The molecular formula is C11H9Cl2N3. The van der Waals surface area contributed by atoms with E-state index in [4.69, 9.17) is 23.2 Å². The fraction of sp³-hybridized carbons (Fsp3) is 0.0909. The van der Waals surface area contributed by atoms with Crippen LogP contribution in [0.25, 0.3) is 0 Å². The van der Waals surface area contributed by atoms with E-state index in [1.54, 1.807) is 6.20 Å². The molecule has 0 fully saturated rings. The Kier molecular flexibility index (Phi) is 3.27. The van der Waals surface area contributed by atoms with Gasteiger partial charge >= 0.3 is 0 Å². The van der Waals surface area contributed by atoms with Gasteiger partial charge in [-0.3, -0.25) is 4.98 Å². The second kappa shape index (κ2) is 4.68. The molecule has 1 heterocycles. The largest absolute Gasteiger partial charge is 0.337 e. The maximum absolute atomic E-state index is 6.08. The monoisotopic (exact) mass is 253 g/mol. The topological polar surface area (TPSA) is 37.8 Å². The van der Waals surface area contributed by atoms with E-state index in [0.717, 1.165) is 11.3 Å². The second-order valence-corrected chi connectivity index (χ2v) is 4.08. The Bertz CT molecular complexity index is 494. The van der Waals surface area contributed by atoms with Crippen LogP contribution in [0.3, 0.4) is 0 Å². The van der Waals surface area contributed by atoms with Crippen LogP contribution >= 0.6 is 23.2 Å². The van der Waals surface area contributed by atoms with Crippen molar-refractivity contribution in [1.29, 1.82) is 0 Å². The van der Waals surface area contributed by atoms with Crippen LogP contribution in [0.4, 0.5) is 11.5 Å². The number of halogens is 2. The summed E-state index contributed by atoms with van der Waals surface area (Å²) in [5, 5.41) is 4.07. The van der Waals surface area contributed by atoms with Crippen LogP contribution in [0.1, 0.15) is 5.56 Å². The smallest absolute Gasteiger partial charge is 0.150 e. The summed E-state index contributed by atoms with van der Waals surface area (Å²) in [6.45, 7) is 1.96. The van der Waals surface area contributed by atoms with Gasteiger partial charge < -0.3 is 5.32 Å². The molecule has 82 valence electrons. The highest BCUT2D eigenvalue weighted by Gasteiger charge is 2.05. The number of aryl methyl sites for hydroxylation is 1. The van der Waals surface area contributed by atoms with Crippen LogP contribution in [0, 0.1) is 6.92 Å². The van der Waals surface area contributed by atoms with Gasteiger partial charge in [0.2, 0.25) is 0 Å². The van der Waals surface area contributed by atoms with Gasteiger partial charge in [-0.15, -0.1) is 0 Å². The summed E-state index contributed by atoms with van der Waals surface area (Å²) in [4.78, 5) is 8.02. The van der Waals surface area contributed by atoms with E-state index in [2.05, 4.69) is 15.3 Å². The standard InChI is InChI=1S/C11H9Cl2N3/c1-7-3-2-4-8(12)11(7)16-10-6-14-5-9(13)15-10/h2-6H,1H3,(H,15,16). The molecule has 5 heteroatoms. The van der Waals surface area contributed by atoms with Gasteiger partial charge in [-0.1, -0.05) is 35.3 Å². The molecule has 0 atom stereocenters. The summed E-state index contributed by atoms with van der Waals surface area (Å²) in [7, 11) is 0. The van der Waals surface area contributed by atoms with E-state index in [9.17, 15) is 0 Å². The number of nitrogens with zero attached hydrogens (tertiary/aromatic N) is 2. The van der Waals surface area contributed by atoms with E-state index >= 15 is 0 Å². The Hall–Kier alpha value is -1.32. The number of anilines is 2. The summed E-state index contributed by atoms with van der Waals surface area (Å²) in [6, 6.07) is 5.67. The molecule has 1 N–H and O–H groups in total. The molecule has 1 aromatic heterocycles. The molecule has 0 aliphatic carbocycles. The average molecular weight is 254 g/mol. The third kappa shape index (κ3) is 2.43. The molecule has 0 amide bonds. The zero-order chi connectivity index (χ0) is 11.5. The third-order valence-electron chi connectivity index (χ3n) is 2.08. The predicted octanol–water partition coefficient (Wildman–Crippen LogP) is 3.84. The molecule has 0 radical (unpaired) electrons. The fourth-order valence-corrected chi connectivity index (χ4v) is 1.74. The van der Waals surface area contributed by atoms with E-state index in [-0.39, 0.29) is 0 Å². The minimum Gasteiger partial charge on any atom is -0.337 e. The molecule has 2 aromatic rings. The number of para-hydroxylation sites is 1. The number of rotatable bonds is 2. The van der Waals surface area contributed by atoms with Crippen molar-refractivity contribution in [3.63, 3.8) is 0 Å². The first-order valence-corrected chi connectivity index (χ1v) is 5.42. The van der Waals surface area contributed by atoms with Gasteiger partial charge in [-0.2, -0.15) is 0 Å². The molecule has 0 unspecified atom stereocenters. The van der Waals surface area contributed by atoms with Crippen molar-refractivity contribution in [1.82, 2.24) is 9.97 Å². The molecule has 3 nitrogen and oxygen atoms in total. The van der Waals surface area contributed by atoms with E-state index < -0.39 is 0 Å². The van der Waals surface area contributed by atoms with E-state index in [0.29, 0.717) is 16.0 Å². The van der Waals surface area contributed by atoms with Crippen LogP contribution in [-0.4, -0.2) is 9.97 Å². The number of hydrogen-bond acceptors (Lipinski definition) is 3.